The first-order valence-corrected chi connectivity index (χ1v) is 13.2. The number of pyridine rings is 2. The van der Waals surface area contributed by atoms with Crippen LogP contribution in [0.1, 0.15) is 11.3 Å². The summed E-state index contributed by atoms with van der Waals surface area (Å²) in [5.41, 5.74) is 7.41. The molecule has 3 aromatic heterocycles. The Labute approximate surface area is 225 Å². The first-order valence-electron chi connectivity index (χ1n) is 13.2. The molecule has 4 nitrogen and oxygen atoms in total. The molecule has 0 spiro atoms. The lowest BCUT2D eigenvalue weighted by atomic mass is 9.95. The second-order valence-corrected chi connectivity index (χ2v) is 9.91. The van der Waals surface area contributed by atoms with Crippen LogP contribution in [0, 0.1) is 0 Å². The fourth-order valence-corrected chi connectivity index (χ4v) is 5.92. The summed E-state index contributed by atoms with van der Waals surface area (Å²) in [4.78, 5) is 10.3. The molecule has 0 fully saturated rings. The zero-order valence-corrected chi connectivity index (χ0v) is 21.2. The standard InChI is InChI=1S/C35H24N4/c1-2-10-24-23(9-1)21-29(26-12-4-3-11-25(24)26)30-14-7-15-31(37-30)32-16-8-18-35(38-32)39-33-17-6-5-13-27(33)28-19-20-36-22-34(28)39/h1-21,36H,22H2. The van der Waals surface area contributed by atoms with E-state index in [1.165, 1.54) is 38.2 Å². The topological polar surface area (TPSA) is 42.7 Å². The number of hydrogen-bond donors (Lipinski definition) is 1. The second kappa shape index (κ2) is 8.67. The summed E-state index contributed by atoms with van der Waals surface area (Å²) in [6, 6.07) is 40.4. The summed E-state index contributed by atoms with van der Waals surface area (Å²) >= 11 is 0. The highest BCUT2D eigenvalue weighted by atomic mass is 15.1. The molecule has 4 heterocycles. The third-order valence-corrected chi connectivity index (χ3v) is 7.67. The van der Waals surface area contributed by atoms with Crippen LogP contribution < -0.4 is 5.32 Å². The average molecular weight is 501 g/mol. The van der Waals surface area contributed by atoms with Crippen molar-refractivity contribution >= 4 is 38.5 Å². The zero-order chi connectivity index (χ0) is 25.8. The van der Waals surface area contributed by atoms with Gasteiger partial charge in [0.2, 0.25) is 0 Å². The number of fused-ring (bicyclic) bond motifs is 6. The lowest BCUT2D eigenvalue weighted by Gasteiger charge is -2.15. The Bertz CT molecular complexity index is 2080. The van der Waals surface area contributed by atoms with Crippen LogP contribution in [0.4, 0.5) is 0 Å². The molecule has 0 unspecified atom stereocenters. The number of para-hydroxylation sites is 1. The third-order valence-electron chi connectivity index (χ3n) is 7.67. The molecule has 4 aromatic carbocycles. The molecule has 1 N–H and O–H groups in total. The number of rotatable bonds is 3. The van der Waals surface area contributed by atoms with Crippen LogP contribution in [0.2, 0.25) is 0 Å². The number of benzene rings is 4. The van der Waals surface area contributed by atoms with Gasteiger partial charge in [-0.3, -0.25) is 4.57 Å². The Kier molecular flexibility index (Phi) is 4.85. The largest absolute Gasteiger partial charge is 0.385 e. The van der Waals surface area contributed by atoms with E-state index in [4.69, 9.17) is 9.97 Å². The van der Waals surface area contributed by atoms with Crippen molar-refractivity contribution in [2.75, 3.05) is 0 Å². The zero-order valence-electron chi connectivity index (χ0n) is 21.2. The van der Waals surface area contributed by atoms with E-state index in [1.807, 2.05) is 18.3 Å². The third kappa shape index (κ3) is 3.46. The number of nitrogens with one attached hydrogen (secondary N) is 1. The van der Waals surface area contributed by atoms with Crippen molar-refractivity contribution < 1.29 is 0 Å². The molecule has 0 aliphatic carbocycles. The van der Waals surface area contributed by atoms with E-state index in [9.17, 15) is 0 Å². The molecule has 184 valence electrons. The van der Waals surface area contributed by atoms with Crippen LogP contribution in [0.3, 0.4) is 0 Å². The van der Waals surface area contributed by atoms with E-state index >= 15 is 0 Å². The molecule has 0 saturated carbocycles. The highest BCUT2D eigenvalue weighted by Gasteiger charge is 2.19. The predicted molar refractivity (Wildman–Crippen MR) is 161 cm³/mol. The molecule has 0 radical (unpaired) electrons. The molecule has 39 heavy (non-hydrogen) atoms. The van der Waals surface area contributed by atoms with Crippen molar-refractivity contribution in [2.45, 2.75) is 6.54 Å². The lowest BCUT2D eigenvalue weighted by molar-refractivity contribution is 0.795. The average Bonchev–Trinajstić information content (AvgIpc) is 3.35. The van der Waals surface area contributed by atoms with Gasteiger partial charge in [-0.1, -0.05) is 78.9 Å². The lowest BCUT2D eigenvalue weighted by Crippen LogP contribution is -2.14. The normalized spacial score (nSPS) is 12.6. The number of hydrogen-bond acceptors (Lipinski definition) is 3. The van der Waals surface area contributed by atoms with Crippen LogP contribution in [-0.4, -0.2) is 14.5 Å². The van der Waals surface area contributed by atoms with E-state index in [2.05, 4.69) is 119 Å². The van der Waals surface area contributed by atoms with Crippen LogP contribution in [0.5, 0.6) is 0 Å². The molecule has 0 atom stereocenters. The summed E-state index contributed by atoms with van der Waals surface area (Å²) in [6.07, 6.45) is 4.18. The van der Waals surface area contributed by atoms with Gasteiger partial charge >= 0.3 is 0 Å². The van der Waals surface area contributed by atoms with Gasteiger partial charge in [-0.25, -0.2) is 9.97 Å². The molecule has 1 aliphatic heterocycles. The van der Waals surface area contributed by atoms with Gasteiger partial charge < -0.3 is 5.32 Å². The van der Waals surface area contributed by atoms with Gasteiger partial charge in [-0.15, -0.1) is 0 Å². The van der Waals surface area contributed by atoms with E-state index in [0.29, 0.717) is 0 Å². The molecule has 8 rings (SSSR count). The van der Waals surface area contributed by atoms with Crippen LogP contribution in [0.25, 0.3) is 67.0 Å². The highest BCUT2D eigenvalue weighted by molar-refractivity contribution is 6.13. The minimum absolute atomic E-state index is 0.759. The summed E-state index contributed by atoms with van der Waals surface area (Å²) < 4.78 is 2.27. The van der Waals surface area contributed by atoms with Crippen molar-refractivity contribution in [2.24, 2.45) is 0 Å². The maximum absolute atomic E-state index is 5.15. The van der Waals surface area contributed by atoms with Gasteiger partial charge in [-0.2, -0.15) is 0 Å². The van der Waals surface area contributed by atoms with Crippen LogP contribution in [-0.2, 0) is 6.54 Å². The summed E-state index contributed by atoms with van der Waals surface area (Å²) in [7, 11) is 0. The van der Waals surface area contributed by atoms with Crippen LogP contribution in [0.15, 0.2) is 121 Å². The van der Waals surface area contributed by atoms with Crippen molar-refractivity contribution in [3.8, 4) is 28.5 Å². The summed E-state index contributed by atoms with van der Waals surface area (Å²) in [5, 5.41) is 9.52. The van der Waals surface area contributed by atoms with E-state index in [-0.39, 0.29) is 0 Å². The molecular weight excluding hydrogens is 476 g/mol. The highest BCUT2D eigenvalue weighted by Crippen LogP contribution is 2.35. The van der Waals surface area contributed by atoms with Crippen molar-refractivity contribution in [1.29, 1.82) is 0 Å². The first kappa shape index (κ1) is 21.8. The van der Waals surface area contributed by atoms with Crippen LogP contribution >= 0.6 is 0 Å². The Balaban J connectivity index is 1.29. The quantitative estimate of drug-likeness (QED) is 0.249. The van der Waals surface area contributed by atoms with E-state index in [0.717, 1.165) is 40.5 Å². The fourth-order valence-electron chi connectivity index (χ4n) is 5.92. The van der Waals surface area contributed by atoms with Gasteiger partial charge in [0, 0.05) is 16.5 Å². The maximum Gasteiger partial charge on any atom is 0.138 e. The Morgan fingerprint density at radius 1 is 0.590 bits per heavy atom. The van der Waals surface area contributed by atoms with Gasteiger partial charge in [0.05, 0.1) is 34.8 Å². The van der Waals surface area contributed by atoms with Gasteiger partial charge in [-0.05, 0) is 70.2 Å². The fraction of sp³-hybridized carbons (Fsp3) is 0.0286. The molecule has 0 amide bonds. The predicted octanol–water partition coefficient (Wildman–Crippen LogP) is 8.13. The molecule has 7 aromatic rings. The molecule has 1 aliphatic rings. The second-order valence-electron chi connectivity index (χ2n) is 9.91. The number of aromatic nitrogens is 3. The van der Waals surface area contributed by atoms with Crippen molar-refractivity contribution in [1.82, 2.24) is 19.9 Å². The van der Waals surface area contributed by atoms with Crippen molar-refractivity contribution in [3.05, 3.63) is 133 Å². The Hall–Kier alpha value is -5.22. The minimum atomic E-state index is 0.759. The van der Waals surface area contributed by atoms with E-state index in [1.54, 1.807) is 0 Å². The van der Waals surface area contributed by atoms with Gasteiger partial charge in [0.1, 0.15) is 5.82 Å². The van der Waals surface area contributed by atoms with Gasteiger partial charge in [0.15, 0.2) is 0 Å². The first-order chi connectivity index (χ1) is 19.3. The molecular formula is C35H24N4. The molecule has 4 heteroatoms. The summed E-state index contributed by atoms with van der Waals surface area (Å²) in [5.74, 6) is 0.894. The smallest absolute Gasteiger partial charge is 0.138 e. The van der Waals surface area contributed by atoms with E-state index < -0.39 is 0 Å². The number of nitrogens with zero attached hydrogens (tertiary/aromatic N) is 3. The SMILES string of the molecule is C1=Cc2c(n(-c3cccc(-c4cccc(-c5cc6ccccc6c6ccccc56)n4)n3)c3ccccc23)CN1. The Morgan fingerprint density at radius 3 is 2.18 bits per heavy atom. The Morgan fingerprint density at radius 2 is 1.28 bits per heavy atom. The van der Waals surface area contributed by atoms with Crippen molar-refractivity contribution in [3.63, 3.8) is 0 Å². The minimum Gasteiger partial charge on any atom is -0.385 e. The summed E-state index contributed by atoms with van der Waals surface area (Å²) in [6.45, 7) is 0.759. The van der Waals surface area contributed by atoms with Gasteiger partial charge in [0.25, 0.3) is 0 Å². The maximum atomic E-state index is 5.15. The molecule has 0 bridgehead atoms. The molecule has 0 saturated heterocycles. The monoisotopic (exact) mass is 500 g/mol.